The minimum Gasteiger partial charge on any atom is -0.235 e. The van der Waals surface area contributed by atoms with Gasteiger partial charge in [-0.05, 0) is 42.9 Å². The summed E-state index contributed by atoms with van der Waals surface area (Å²) in [5.41, 5.74) is 7.58. The van der Waals surface area contributed by atoms with Crippen molar-refractivity contribution in [2.75, 3.05) is 0 Å². The fraction of sp³-hybridized carbons (Fsp3) is 0.500. The molecule has 2 aromatic carbocycles. The van der Waals surface area contributed by atoms with Gasteiger partial charge in [-0.3, -0.25) is 0 Å². The van der Waals surface area contributed by atoms with Crippen LogP contribution in [0.2, 0.25) is 5.02 Å². The van der Waals surface area contributed by atoms with Gasteiger partial charge in [0.15, 0.2) is 22.3 Å². The van der Waals surface area contributed by atoms with Crippen LogP contribution in [-0.4, -0.2) is 49.9 Å². The maximum absolute atomic E-state index is 6.34. The fourth-order valence-corrected chi connectivity index (χ4v) is 7.35. The summed E-state index contributed by atoms with van der Waals surface area (Å²) in [6.45, 7) is 14.2. The Morgan fingerprint density at radius 2 is 1.04 bits per heavy atom. The Hall–Kier alpha value is -4.31. The standard InChI is InChI=1S/C20H24ClN5.C20H25N5/c1-20(2,3)19-22-16(13-8-4-5-9-13)17-18(23-19)26(25-24-17)12-14-10-6-7-11-15(14)21;1-20(2,3)19-21-16(15-11-7-8-12-15)17-18(22-19)25(24-23-17)13-14-9-5-4-6-10-14/h6-7,10-11,13H,4-5,8-9,12H2,1-3H3;4-6,9-10,15H,7-8,11-13H2,1-3H3. The van der Waals surface area contributed by atoms with Crippen molar-refractivity contribution < 1.29 is 0 Å². The molecule has 2 saturated carbocycles. The second-order valence-corrected chi connectivity index (χ2v) is 16.7. The largest absolute Gasteiger partial charge is 0.235 e. The molecule has 0 atom stereocenters. The normalized spacial score (nSPS) is 15.9. The van der Waals surface area contributed by atoms with E-state index in [1.165, 1.54) is 56.9 Å². The van der Waals surface area contributed by atoms with Crippen molar-refractivity contribution in [2.45, 2.75) is 129 Å². The van der Waals surface area contributed by atoms with Crippen molar-refractivity contribution in [3.05, 3.63) is 93.8 Å². The molecule has 0 bridgehead atoms. The first-order chi connectivity index (χ1) is 24.5. The molecule has 6 aromatic rings. The molecule has 0 spiro atoms. The smallest absolute Gasteiger partial charge is 0.182 e. The second-order valence-electron chi connectivity index (χ2n) is 16.2. The topological polar surface area (TPSA) is 113 Å². The highest BCUT2D eigenvalue weighted by atomic mass is 35.5. The Balaban J connectivity index is 0.000000159. The summed E-state index contributed by atoms with van der Waals surface area (Å²) in [6, 6.07) is 18.2. The minimum atomic E-state index is -0.124. The number of nitrogens with zero attached hydrogens (tertiary/aromatic N) is 10. The first-order valence-electron chi connectivity index (χ1n) is 18.5. The van der Waals surface area contributed by atoms with E-state index < -0.39 is 0 Å². The summed E-state index contributed by atoms with van der Waals surface area (Å²) < 4.78 is 3.77. The first-order valence-corrected chi connectivity index (χ1v) is 18.8. The number of aromatic nitrogens is 10. The Labute approximate surface area is 305 Å². The van der Waals surface area contributed by atoms with E-state index in [9.17, 15) is 0 Å². The van der Waals surface area contributed by atoms with E-state index in [1.54, 1.807) is 0 Å². The van der Waals surface area contributed by atoms with Crippen LogP contribution in [0, 0.1) is 0 Å². The third-order valence-corrected chi connectivity index (χ3v) is 10.4. The average molecular weight is 705 g/mol. The van der Waals surface area contributed by atoms with E-state index in [-0.39, 0.29) is 10.8 Å². The highest BCUT2D eigenvalue weighted by Gasteiger charge is 2.29. The van der Waals surface area contributed by atoms with Crippen LogP contribution >= 0.6 is 11.6 Å². The van der Waals surface area contributed by atoms with Crippen LogP contribution in [0.5, 0.6) is 0 Å². The quantitative estimate of drug-likeness (QED) is 0.169. The molecule has 0 saturated heterocycles. The first kappa shape index (κ1) is 35.1. The molecule has 2 fully saturated rings. The molecule has 4 aromatic heterocycles. The van der Waals surface area contributed by atoms with Gasteiger partial charge in [0.05, 0.1) is 24.5 Å². The molecule has 11 heteroatoms. The molecule has 0 N–H and O–H groups in total. The molecule has 10 nitrogen and oxygen atoms in total. The summed E-state index contributed by atoms with van der Waals surface area (Å²) >= 11 is 6.34. The van der Waals surface area contributed by atoms with Crippen LogP contribution in [0.1, 0.15) is 139 Å². The van der Waals surface area contributed by atoms with Gasteiger partial charge in [-0.15, -0.1) is 10.2 Å². The van der Waals surface area contributed by atoms with E-state index >= 15 is 0 Å². The predicted molar refractivity (Wildman–Crippen MR) is 202 cm³/mol. The van der Waals surface area contributed by atoms with Gasteiger partial charge >= 0.3 is 0 Å². The van der Waals surface area contributed by atoms with Crippen molar-refractivity contribution in [1.29, 1.82) is 0 Å². The highest BCUT2D eigenvalue weighted by molar-refractivity contribution is 6.31. The zero-order chi connectivity index (χ0) is 35.8. The van der Waals surface area contributed by atoms with Crippen LogP contribution in [-0.2, 0) is 23.9 Å². The molecular weight excluding hydrogens is 656 g/mol. The van der Waals surface area contributed by atoms with Gasteiger partial charge in [-0.2, -0.15) is 0 Å². The Kier molecular flexibility index (Phi) is 9.89. The number of rotatable bonds is 6. The molecule has 0 amide bonds. The monoisotopic (exact) mass is 704 g/mol. The minimum absolute atomic E-state index is 0.0939. The third kappa shape index (κ3) is 7.66. The van der Waals surface area contributed by atoms with Crippen molar-refractivity contribution >= 4 is 33.9 Å². The number of hydrogen-bond donors (Lipinski definition) is 0. The van der Waals surface area contributed by atoms with Gasteiger partial charge in [0.25, 0.3) is 0 Å². The summed E-state index contributed by atoms with van der Waals surface area (Å²) in [5.74, 6) is 2.70. The predicted octanol–water partition coefficient (Wildman–Crippen LogP) is 9.10. The summed E-state index contributed by atoms with van der Waals surface area (Å²) in [7, 11) is 0. The van der Waals surface area contributed by atoms with Crippen molar-refractivity contribution in [3.63, 3.8) is 0 Å². The van der Waals surface area contributed by atoms with E-state index in [0.29, 0.717) is 24.9 Å². The van der Waals surface area contributed by atoms with Gasteiger partial charge in [0.1, 0.15) is 11.6 Å². The Morgan fingerprint density at radius 3 is 1.51 bits per heavy atom. The zero-order valence-electron chi connectivity index (χ0n) is 30.8. The molecule has 0 aliphatic heterocycles. The summed E-state index contributed by atoms with van der Waals surface area (Å²) in [6.07, 6.45) is 9.81. The molecule has 266 valence electrons. The van der Waals surface area contributed by atoms with Gasteiger partial charge in [-0.25, -0.2) is 29.3 Å². The average Bonchev–Trinajstić information content (AvgIpc) is 3.94. The van der Waals surface area contributed by atoms with Gasteiger partial charge in [-0.1, -0.05) is 138 Å². The third-order valence-electron chi connectivity index (χ3n) is 10.1. The molecule has 4 heterocycles. The van der Waals surface area contributed by atoms with Crippen LogP contribution in [0.4, 0.5) is 0 Å². The van der Waals surface area contributed by atoms with Crippen molar-refractivity contribution in [1.82, 2.24) is 49.9 Å². The number of halogens is 1. The van der Waals surface area contributed by atoms with Gasteiger partial charge in [0, 0.05) is 27.7 Å². The fourth-order valence-electron chi connectivity index (χ4n) is 7.15. The summed E-state index contributed by atoms with van der Waals surface area (Å²) in [5, 5.41) is 18.5. The van der Waals surface area contributed by atoms with E-state index in [1.807, 2.05) is 51.8 Å². The maximum Gasteiger partial charge on any atom is 0.182 e. The van der Waals surface area contributed by atoms with E-state index in [2.05, 4.69) is 74.3 Å². The summed E-state index contributed by atoms with van der Waals surface area (Å²) in [4.78, 5) is 19.6. The Morgan fingerprint density at radius 1 is 0.588 bits per heavy atom. The Bertz CT molecular complexity index is 2110. The van der Waals surface area contributed by atoms with Gasteiger partial charge in [0.2, 0.25) is 0 Å². The number of fused-ring (bicyclic) bond motifs is 2. The zero-order valence-corrected chi connectivity index (χ0v) is 31.5. The molecule has 0 unspecified atom stereocenters. The van der Waals surface area contributed by atoms with E-state index in [0.717, 1.165) is 56.0 Å². The van der Waals surface area contributed by atoms with Crippen LogP contribution in [0.3, 0.4) is 0 Å². The maximum atomic E-state index is 6.34. The van der Waals surface area contributed by atoms with Crippen LogP contribution in [0.25, 0.3) is 22.3 Å². The highest BCUT2D eigenvalue weighted by Crippen LogP contribution is 2.38. The van der Waals surface area contributed by atoms with Crippen LogP contribution in [0.15, 0.2) is 54.6 Å². The second kappa shape index (κ2) is 14.4. The molecule has 0 radical (unpaired) electrons. The van der Waals surface area contributed by atoms with Crippen molar-refractivity contribution in [3.8, 4) is 0 Å². The van der Waals surface area contributed by atoms with Crippen LogP contribution < -0.4 is 0 Å². The lowest BCUT2D eigenvalue weighted by Crippen LogP contribution is -2.19. The lowest BCUT2D eigenvalue weighted by molar-refractivity contribution is 0.537. The molecule has 2 aliphatic carbocycles. The number of hydrogen-bond acceptors (Lipinski definition) is 8. The molecule has 8 rings (SSSR count). The lowest BCUT2D eigenvalue weighted by Gasteiger charge is -2.19. The molecule has 2 aliphatic rings. The van der Waals surface area contributed by atoms with Gasteiger partial charge < -0.3 is 0 Å². The lowest BCUT2D eigenvalue weighted by atomic mass is 9.94. The van der Waals surface area contributed by atoms with E-state index in [4.69, 9.17) is 31.5 Å². The SMILES string of the molecule is CC(C)(C)c1nc(C2CCCC2)c2nnn(Cc3ccccc3)c2n1.CC(C)(C)c1nc(C2CCCC2)c2nnn(Cc3ccccc3Cl)c2n1. The van der Waals surface area contributed by atoms with Crippen molar-refractivity contribution in [2.24, 2.45) is 0 Å². The number of benzene rings is 2. The molecular formula is C40H49ClN10. The molecule has 51 heavy (non-hydrogen) atoms.